The van der Waals surface area contributed by atoms with Gasteiger partial charge < -0.3 is 5.11 Å². The first-order valence-corrected chi connectivity index (χ1v) is 6.64. The van der Waals surface area contributed by atoms with Gasteiger partial charge in [-0.1, -0.05) is 6.92 Å². The number of hydrogen-bond acceptors (Lipinski definition) is 4. The second-order valence-corrected chi connectivity index (χ2v) is 4.83. The molecule has 0 fully saturated rings. The molecule has 3 aromatic heterocycles. The predicted octanol–water partition coefficient (Wildman–Crippen LogP) is 2.36. The summed E-state index contributed by atoms with van der Waals surface area (Å²) in [6.07, 6.45) is 3.85. The Morgan fingerprint density at radius 1 is 1.38 bits per heavy atom. The Kier molecular flexibility index (Phi) is 3.13. The van der Waals surface area contributed by atoms with E-state index in [0.717, 1.165) is 16.8 Å². The lowest BCUT2D eigenvalue weighted by molar-refractivity contribution is 0.0696. The Morgan fingerprint density at radius 3 is 2.90 bits per heavy atom. The number of carbonyl (C=O) groups is 1. The van der Waals surface area contributed by atoms with Crippen LogP contribution in [0.5, 0.6) is 0 Å². The highest BCUT2D eigenvalue weighted by Gasteiger charge is 2.14. The molecule has 0 aliphatic rings. The summed E-state index contributed by atoms with van der Waals surface area (Å²) in [6.45, 7) is 3.94. The molecule has 0 saturated heterocycles. The van der Waals surface area contributed by atoms with Crippen molar-refractivity contribution in [1.29, 1.82) is 0 Å². The number of pyridine rings is 2. The molecular weight excluding hydrogens is 268 g/mol. The first-order valence-electron chi connectivity index (χ1n) is 6.64. The van der Waals surface area contributed by atoms with E-state index in [0.29, 0.717) is 17.9 Å². The van der Waals surface area contributed by atoms with Gasteiger partial charge >= 0.3 is 5.97 Å². The Hall–Kier alpha value is -2.76. The molecule has 0 amide bonds. The summed E-state index contributed by atoms with van der Waals surface area (Å²) in [6, 6.07) is 5.52. The number of rotatable bonds is 3. The number of aromatic nitrogens is 4. The molecule has 0 aliphatic heterocycles. The SMILES string of the molecule is CCc1cc(C(=O)O)cnc1-c1nc2cc(C)ccn2n1. The van der Waals surface area contributed by atoms with E-state index in [2.05, 4.69) is 15.1 Å². The van der Waals surface area contributed by atoms with Crippen molar-refractivity contribution in [3.8, 4) is 11.5 Å². The Morgan fingerprint density at radius 2 is 2.19 bits per heavy atom. The summed E-state index contributed by atoms with van der Waals surface area (Å²) in [4.78, 5) is 19.7. The van der Waals surface area contributed by atoms with Crippen molar-refractivity contribution < 1.29 is 9.90 Å². The highest BCUT2D eigenvalue weighted by atomic mass is 16.4. The molecule has 0 bridgehead atoms. The predicted molar refractivity (Wildman–Crippen MR) is 77.3 cm³/mol. The molecule has 0 saturated carbocycles. The summed E-state index contributed by atoms with van der Waals surface area (Å²) < 4.78 is 1.69. The molecule has 3 aromatic rings. The summed E-state index contributed by atoms with van der Waals surface area (Å²) in [5.74, 6) is -0.475. The molecule has 3 rings (SSSR count). The van der Waals surface area contributed by atoms with Crippen molar-refractivity contribution in [3.05, 3.63) is 47.3 Å². The summed E-state index contributed by atoms with van der Waals surface area (Å²) >= 11 is 0. The smallest absolute Gasteiger partial charge is 0.337 e. The third-order valence-corrected chi connectivity index (χ3v) is 3.30. The summed E-state index contributed by atoms with van der Waals surface area (Å²) in [7, 11) is 0. The van der Waals surface area contributed by atoms with Crippen molar-refractivity contribution in [1.82, 2.24) is 19.6 Å². The zero-order valence-electron chi connectivity index (χ0n) is 11.7. The Bertz CT molecular complexity index is 839. The van der Waals surface area contributed by atoms with Gasteiger partial charge in [0.05, 0.1) is 5.56 Å². The molecule has 3 heterocycles. The summed E-state index contributed by atoms with van der Waals surface area (Å²) in [5.41, 5.74) is 3.48. The van der Waals surface area contributed by atoms with Crippen LogP contribution in [0.3, 0.4) is 0 Å². The van der Waals surface area contributed by atoms with Crippen LogP contribution in [0.2, 0.25) is 0 Å². The number of aryl methyl sites for hydroxylation is 2. The molecule has 1 N–H and O–H groups in total. The van der Waals surface area contributed by atoms with Crippen LogP contribution in [0.25, 0.3) is 17.2 Å². The fourth-order valence-corrected chi connectivity index (χ4v) is 2.18. The van der Waals surface area contributed by atoms with Crippen LogP contribution >= 0.6 is 0 Å². The van der Waals surface area contributed by atoms with Gasteiger partial charge in [0.2, 0.25) is 5.82 Å². The van der Waals surface area contributed by atoms with Gasteiger partial charge in [0, 0.05) is 12.4 Å². The van der Waals surface area contributed by atoms with Gasteiger partial charge in [-0.25, -0.2) is 14.3 Å². The maximum absolute atomic E-state index is 11.0. The Balaban J connectivity index is 2.15. The van der Waals surface area contributed by atoms with Gasteiger partial charge in [-0.2, -0.15) is 0 Å². The molecule has 6 heteroatoms. The maximum Gasteiger partial charge on any atom is 0.337 e. The van der Waals surface area contributed by atoms with E-state index in [1.54, 1.807) is 10.6 Å². The van der Waals surface area contributed by atoms with Crippen LogP contribution in [-0.4, -0.2) is 30.7 Å². The second-order valence-electron chi connectivity index (χ2n) is 4.83. The van der Waals surface area contributed by atoms with Gasteiger partial charge in [0.1, 0.15) is 5.69 Å². The van der Waals surface area contributed by atoms with Gasteiger partial charge in [-0.15, -0.1) is 5.10 Å². The van der Waals surface area contributed by atoms with E-state index in [1.165, 1.54) is 6.20 Å². The van der Waals surface area contributed by atoms with Crippen LogP contribution in [0.1, 0.15) is 28.4 Å². The number of carboxylic acids is 1. The van der Waals surface area contributed by atoms with E-state index >= 15 is 0 Å². The number of hydrogen-bond donors (Lipinski definition) is 1. The monoisotopic (exact) mass is 282 g/mol. The quantitative estimate of drug-likeness (QED) is 0.797. The lowest BCUT2D eigenvalue weighted by Crippen LogP contribution is -2.02. The minimum absolute atomic E-state index is 0.176. The topological polar surface area (TPSA) is 80.4 Å². The minimum Gasteiger partial charge on any atom is -0.478 e. The van der Waals surface area contributed by atoms with Crippen LogP contribution in [-0.2, 0) is 6.42 Å². The first-order chi connectivity index (χ1) is 10.1. The maximum atomic E-state index is 11.0. The number of fused-ring (bicyclic) bond motifs is 1. The van der Waals surface area contributed by atoms with Crippen molar-refractivity contribution in [3.63, 3.8) is 0 Å². The van der Waals surface area contributed by atoms with E-state index in [4.69, 9.17) is 5.11 Å². The molecule has 0 atom stereocenters. The zero-order chi connectivity index (χ0) is 15.0. The molecule has 0 spiro atoms. The molecule has 0 aromatic carbocycles. The summed E-state index contributed by atoms with van der Waals surface area (Å²) in [5, 5.41) is 13.4. The number of aromatic carboxylic acids is 1. The van der Waals surface area contributed by atoms with Crippen molar-refractivity contribution in [2.24, 2.45) is 0 Å². The third-order valence-electron chi connectivity index (χ3n) is 3.30. The van der Waals surface area contributed by atoms with Crippen LogP contribution < -0.4 is 0 Å². The lowest BCUT2D eigenvalue weighted by Gasteiger charge is -2.04. The lowest BCUT2D eigenvalue weighted by atomic mass is 10.1. The molecule has 0 unspecified atom stereocenters. The fraction of sp³-hybridized carbons (Fsp3) is 0.200. The minimum atomic E-state index is -0.984. The van der Waals surface area contributed by atoms with E-state index in [9.17, 15) is 4.79 Å². The molecule has 21 heavy (non-hydrogen) atoms. The van der Waals surface area contributed by atoms with Crippen LogP contribution in [0, 0.1) is 6.92 Å². The molecule has 106 valence electrons. The highest BCUT2D eigenvalue weighted by Crippen LogP contribution is 2.20. The second kappa shape index (κ2) is 4.97. The largest absolute Gasteiger partial charge is 0.478 e. The molecule has 0 aliphatic carbocycles. The van der Waals surface area contributed by atoms with Crippen molar-refractivity contribution in [2.45, 2.75) is 20.3 Å². The average Bonchev–Trinajstić information content (AvgIpc) is 2.89. The molecular formula is C15H14N4O2. The van der Waals surface area contributed by atoms with Crippen molar-refractivity contribution >= 4 is 11.6 Å². The van der Waals surface area contributed by atoms with E-state index in [1.807, 2.05) is 32.2 Å². The normalized spacial score (nSPS) is 11.0. The van der Waals surface area contributed by atoms with Gasteiger partial charge in [0.25, 0.3) is 0 Å². The average molecular weight is 282 g/mol. The molecule has 0 radical (unpaired) electrons. The zero-order valence-corrected chi connectivity index (χ0v) is 11.7. The van der Waals surface area contributed by atoms with E-state index in [-0.39, 0.29) is 5.56 Å². The van der Waals surface area contributed by atoms with Gasteiger partial charge in [-0.3, -0.25) is 4.98 Å². The number of nitrogens with zero attached hydrogens (tertiary/aromatic N) is 4. The number of carboxylic acid groups (broad SMARTS) is 1. The molecule has 6 nitrogen and oxygen atoms in total. The Labute approximate surface area is 121 Å². The standard InChI is InChI=1S/C15H14N4O2/c1-3-10-7-11(15(20)21)8-16-13(10)14-17-12-6-9(2)4-5-19(12)18-14/h4-8H,3H2,1-2H3,(H,20,21). The van der Waals surface area contributed by atoms with Crippen molar-refractivity contribution in [2.75, 3.05) is 0 Å². The fourth-order valence-electron chi connectivity index (χ4n) is 2.18. The first kappa shape index (κ1) is 13.2. The van der Waals surface area contributed by atoms with E-state index < -0.39 is 5.97 Å². The van der Waals surface area contributed by atoms with Crippen LogP contribution in [0.15, 0.2) is 30.6 Å². The third kappa shape index (κ3) is 2.35. The van der Waals surface area contributed by atoms with Gasteiger partial charge in [-0.05, 0) is 42.7 Å². The van der Waals surface area contributed by atoms with Crippen LogP contribution in [0.4, 0.5) is 0 Å². The van der Waals surface area contributed by atoms with Gasteiger partial charge in [0.15, 0.2) is 5.65 Å². The highest BCUT2D eigenvalue weighted by molar-refractivity contribution is 5.88.